The van der Waals surface area contributed by atoms with Gasteiger partial charge in [0, 0.05) is 24.7 Å². The third-order valence-electron chi connectivity index (χ3n) is 3.95. The molecule has 3 aromatic rings. The molecule has 0 bridgehead atoms. The van der Waals surface area contributed by atoms with Crippen molar-refractivity contribution in [3.63, 3.8) is 0 Å². The van der Waals surface area contributed by atoms with E-state index >= 15 is 0 Å². The van der Waals surface area contributed by atoms with E-state index in [2.05, 4.69) is 20.8 Å². The molecule has 26 heavy (non-hydrogen) atoms. The lowest BCUT2D eigenvalue weighted by molar-refractivity contribution is 0.0963. The molecule has 0 saturated heterocycles. The van der Waals surface area contributed by atoms with Gasteiger partial charge in [0.05, 0.1) is 6.04 Å². The molecule has 7 heteroatoms. The maximum atomic E-state index is 13.3. The third kappa shape index (κ3) is 4.12. The monoisotopic (exact) mass is 354 g/mol. The van der Waals surface area contributed by atoms with Crippen molar-refractivity contribution in [2.24, 2.45) is 0 Å². The van der Waals surface area contributed by atoms with Crippen LogP contribution < -0.4 is 10.6 Å². The van der Waals surface area contributed by atoms with Crippen LogP contribution in [0.25, 0.3) is 11.4 Å². The van der Waals surface area contributed by atoms with Crippen molar-refractivity contribution in [2.75, 3.05) is 7.05 Å². The van der Waals surface area contributed by atoms with Crippen LogP contribution in [0.3, 0.4) is 0 Å². The van der Waals surface area contributed by atoms with Gasteiger partial charge in [0.25, 0.3) is 5.91 Å². The van der Waals surface area contributed by atoms with Crippen LogP contribution in [0.15, 0.2) is 53.1 Å². The average molecular weight is 354 g/mol. The first-order chi connectivity index (χ1) is 12.6. The molecular weight excluding hydrogens is 335 g/mol. The van der Waals surface area contributed by atoms with Gasteiger partial charge < -0.3 is 15.2 Å². The summed E-state index contributed by atoms with van der Waals surface area (Å²) in [7, 11) is 1.60. The molecule has 6 nitrogen and oxygen atoms in total. The molecular formula is C19H19FN4O2. The lowest BCUT2D eigenvalue weighted by Gasteiger charge is -2.10. The highest BCUT2D eigenvalue weighted by molar-refractivity contribution is 5.93. The molecule has 2 N–H and O–H groups in total. The van der Waals surface area contributed by atoms with Crippen LogP contribution in [0.2, 0.25) is 0 Å². The fourth-order valence-electron chi connectivity index (χ4n) is 2.43. The number of aromatic nitrogens is 2. The summed E-state index contributed by atoms with van der Waals surface area (Å²) in [5.74, 6) is 0.308. The van der Waals surface area contributed by atoms with Gasteiger partial charge in [-0.1, -0.05) is 29.4 Å². The van der Waals surface area contributed by atoms with Crippen molar-refractivity contribution in [1.82, 2.24) is 20.8 Å². The van der Waals surface area contributed by atoms with Crippen molar-refractivity contribution in [3.8, 4) is 11.4 Å². The number of rotatable bonds is 6. The van der Waals surface area contributed by atoms with E-state index in [0.717, 1.165) is 5.56 Å². The Kier molecular flexibility index (Phi) is 5.38. The molecule has 1 atom stereocenters. The second-order valence-corrected chi connectivity index (χ2v) is 5.85. The first-order valence-electron chi connectivity index (χ1n) is 8.21. The summed E-state index contributed by atoms with van der Waals surface area (Å²) in [6, 6.07) is 13.2. The van der Waals surface area contributed by atoms with Gasteiger partial charge in [0.2, 0.25) is 11.7 Å². The van der Waals surface area contributed by atoms with Crippen molar-refractivity contribution in [3.05, 3.63) is 71.4 Å². The van der Waals surface area contributed by atoms with Crippen LogP contribution >= 0.6 is 0 Å². The lowest BCUT2D eigenvalue weighted by Crippen LogP contribution is -2.19. The van der Waals surface area contributed by atoms with Crippen molar-refractivity contribution >= 4 is 5.91 Å². The number of nitrogens with zero attached hydrogens (tertiary/aromatic N) is 2. The number of amides is 1. The molecule has 0 fully saturated rings. The van der Waals surface area contributed by atoms with E-state index in [1.807, 2.05) is 19.1 Å². The van der Waals surface area contributed by atoms with Crippen LogP contribution in [0.1, 0.15) is 34.8 Å². The van der Waals surface area contributed by atoms with Crippen molar-refractivity contribution < 1.29 is 13.7 Å². The van der Waals surface area contributed by atoms with Crippen LogP contribution in [0, 0.1) is 5.82 Å². The quantitative estimate of drug-likeness (QED) is 0.711. The minimum atomic E-state index is -0.347. The molecule has 1 heterocycles. The normalized spacial score (nSPS) is 12.0. The van der Waals surface area contributed by atoms with Crippen LogP contribution in [0.5, 0.6) is 0 Å². The smallest absolute Gasteiger partial charge is 0.251 e. The number of halogens is 1. The molecule has 1 aromatic heterocycles. The Morgan fingerprint density at radius 2 is 2.00 bits per heavy atom. The van der Waals surface area contributed by atoms with Crippen molar-refractivity contribution in [1.29, 1.82) is 0 Å². The van der Waals surface area contributed by atoms with Gasteiger partial charge in [-0.15, -0.1) is 0 Å². The largest absolute Gasteiger partial charge is 0.355 e. The Balaban J connectivity index is 1.62. The van der Waals surface area contributed by atoms with E-state index in [0.29, 0.717) is 29.4 Å². The van der Waals surface area contributed by atoms with E-state index in [1.165, 1.54) is 12.1 Å². The first-order valence-corrected chi connectivity index (χ1v) is 8.21. The molecule has 2 aromatic carbocycles. The van der Waals surface area contributed by atoms with E-state index in [1.54, 1.807) is 31.3 Å². The number of carbonyl (C=O) groups is 1. The highest BCUT2D eigenvalue weighted by Crippen LogP contribution is 2.19. The molecule has 3 rings (SSSR count). The first kappa shape index (κ1) is 17.8. The van der Waals surface area contributed by atoms with E-state index in [9.17, 15) is 9.18 Å². The van der Waals surface area contributed by atoms with E-state index in [-0.39, 0.29) is 17.8 Å². The molecule has 0 aliphatic rings. The standard InChI is InChI=1S/C19H19FN4O2/c1-12(22-11-13-6-8-14(9-7-13)18(25)21-2)19-23-17(24-26-19)15-4-3-5-16(20)10-15/h3-10,12,22H,11H2,1-2H3,(H,21,25). The van der Waals surface area contributed by atoms with Gasteiger partial charge in [-0.2, -0.15) is 4.98 Å². The van der Waals surface area contributed by atoms with Gasteiger partial charge in [0.15, 0.2) is 0 Å². The number of hydrogen-bond acceptors (Lipinski definition) is 5. The number of hydrogen-bond donors (Lipinski definition) is 2. The zero-order valence-corrected chi connectivity index (χ0v) is 14.5. The second-order valence-electron chi connectivity index (χ2n) is 5.85. The molecule has 1 unspecified atom stereocenters. The maximum absolute atomic E-state index is 13.3. The highest BCUT2D eigenvalue weighted by Gasteiger charge is 2.15. The van der Waals surface area contributed by atoms with Gasteiger partial charge in [0.1, 0.15) is 5.82 Å². The van der Waals surface area contributed by atoms with E-state index in [4.69, 9.17) is 4.52 Å². The summed E-state index contributed by atoms with van der Waals surface area (Å²) >= 11 is 0. The van der Waals surface area contributed by atoms with E-state index < -0.39 is 0 Å². The fraction of sp³-hybridized carbons (Fsp3) is 0.211. The Morgan fingerprint density at radius 3 is 2.69 bits per heavy atom. The summed E-state index contributed by atoms with van der Waals surface area (Å²) in [5, 5.41) is 9.78. The molecule has 0 radical (unpaired) electrons. The van der Waals surface area contributed by atoms with Crippen molar-refractivity contribution in [2.45, 2.75) is 19.5 Å². The second kappa shape index (κ2) is 7.88. The summed E-state index contributed by atoms with van der Waals surface area (Å²) in [5.41, 5.74) is 2.20. The van der Waals surface area contributed by atoms with Crippen LogP contribution in [-0.4, -0.2) is 23.1 Å². The summed E-state index contributed by atoms with van der Waals surface area (Å²) in [6.45, 7) is 2.48. The Morgan fingerprint density at radius 1 is 1.23 bits per heavy atom. The lowest BCUT2D eigenvalue weighted by atomic mass is 10.1. The molecule has 134 valence electrons. The number of benzene rings is 2. The Bertz CT molecular complexity index is 893. The summed E-state index contributed by atoms with van der Waals surface area (Å²) in [6.07, 6.45) is 0. The number of nitrogens with one attached hydrogen (secondary N) is 2. The third-order valence-corrected chi connectivity index (χ3v) is 3.95. The van der Waals surface area contributed by atoms with Gasteiger partial charge in [-0.25, -0.2) is 4.39 Å². The molecule has 0 aliphatic heterocycles. The van der Waals surface area contributed by atoms with Gasteiger partial charge in [-0.05, 0) is 36.8 Å². The zero-order valence-electron chi connectivity index (χ0n) is 14.5. The predicted octanol–water partition coefficient (Wildman–Crippen LogP) is 3.09. The topological polar surface area (TPSA) is 80.0 Å². The molecule has 0 saturated carbocycles. The molecule has 1 amide bonds. The summed E-state index contributed by atoms with van der Waals surface area (Å²) < 4.78 is 18.6. The predicted molar refractivity (Wildman–Crippen MR) is 94.8 cm³/mol. The Hall–Kier alpha value is -3.06. The SMILES string of the molecule is CNC(=O)c1ccc(CNC(C)c2nc(-c3cccc(F)c3)no2)cc1. The van der Waals surface area contributed by atoms with Gasteiger partial charge in [-0.3, -0.25) is 4.79 Å². The minimum absolute atomic E-state index is 0.117. The van der Waals surface area contributed by atoms with Crippen LogP contribution in [-0.2, 0) is 6.54 Å². The summed E-state index contributed by atoms with van der Waals surface area (Å²) in [4.78, 5) is 15.9. The molecule has 0 aliphatic carbocycles. The average Bonchev–Trinajstić information content (AvgIpc) is 3.16. The van der Waals surface area contributed by atoms with Crippen LogP contribution in [0.4, 0.5) is 4.39 Å². The minimum Gasteiger partial charge on any atom is -0.355 e. The highest BCUT2D eigenvalue weighted by atomic mass is 19.1. The Labute approximate surface area is 150 Å². The fourth-order valence-corrected chi connectivity index (χ4v) is 2.43. The maximum Gasteiger partial charge on any atom is 0.251 e. The molecule has 0 spiro atoms. The zero-order chi connectivity index (χ0) is 18.5. The van der Waals surface area contributed by atoms with Gasteiger partial charge >= 0.3 is 0 Å². The number of carbonyl (C=O) groups excluding carboxylic acids is 1.